The number of hydrogen-bond acceptors (Lipinski definition) is 5. The van der Waals surface area contributed by atoms with E-state index in [1.54, 1.807) is 0 Å². The highest BCUT2D eigenvalue weighted by Gasteiger charge is 2.15. The summed E-state index contributed by atoms with van der Waals surface area (Å²) in [6.07, 6.45) is 8.49. The van der Waals surface area contributed by atoms with Gasteiger partial charge in [0.25, 0.3) is 0 Å². The zero-order valence-corrected chi connectivity index (χ0v) is 42.1. The summed E-state index contributed by atoms with van der Waals surface area (Å²) in [5.74, 6) is 0.967. The molecule has 0 fully saturated rings. The average molecular weight is 1260 g/mol. The molecule has 1 heterocycles. The molecule has 0 saturated carbocycles. The van der Waals surface area contributed by atoms with Crippen molar-refractivity contribution in [3.05, 3.63) is 231 Å². The molecule has 1 aromatic heterocycles. The van der Waals surface area contributed by atoms with Crippen molar-refractivity contribution in [2.45, 2.75) is 0 Å². The fourth-order valence-corrected chi connectivity index (χ4v) is 8.48. The molecule has 0 atom stereocenters. The first-order valence-electron chi connectivity index (χ1n) is 20.0. The fourth-order valence-electron chi connectivity index (χ4n) is 7.04. The summed E-state index contributed by atoms with van der Waals surface area (Å²) in [5, 5.41) is 8.73. The smallest absolute Gasteiger partial charge is 0.248 e. The predicted octanol–water partition coefficient (Wildman–Crippen LogP) is 17.1. The normalized spacial score (nSPS) is 11.4. The van der Waals surface area contributed by atoms with E-state index < -0.39 is 0 Å². The topological polar surface area (TPSA) is 45.4 Å². The van der Waals surface area contributed by atoms with Gasteiger partial charge in [0.1, 0.15) is 0 Å². The Morgan fingerprint density at radius 1 is 0.286 bits per heavy atom. The summed E-state index contributed by atoms with van der Waals surface area (Å²) in [4.78, 5) is 4.56. The van der Waals surface area contributed by atoms with Gasteiger partial charge in [-0.1, -0.05) is 72.8 Å². The Morgan fingerprint density at radius 2 is 0.492 bits per heavy atom. The predicted molar refractivity (Wildman–Crippen MR) is 296 cm³/mol. The first-order chi connectivity index (χ1) is 30.8. The lowest BCUT2D eigenvalue weighted by atomic mass is 10.1. The van der Waals surface area contributed by atoms with Crippen molar-refractivity contribution in [2.75, 3.05) is 9.80 Å². The van der Waals surface area contributed by atoms with Crippen molar-refractivity contribution in [3.63, 3.8) is 0 Å². The van der Waals surface area contributed by atoms with Crippen LogP contribution in [-0.2, 0) is 0 Å². The van der Waals surface area contributed by atoms with Crippen molar-refractivity contribution in [1.82, 2.24) is 10.2 Å². The van der Waals surface area contributed by atoms with E-state index in [0.717, 1.165) is 67.5 Å². The van der Waals surface area contributed by atoms with Crippen LogP contribution in [0.3, 0.4) is 0 Å². The van der Waals surface area contributed by atoms with E-state index in [-0.39, 0.29) is 0 Å². The summed E-state index contributed by atoms with van der Waals surface area (Å²) in [6.45, 7) is 0. The lowest BCUT2D eigenvalue weighted by Gasteiger charge is -2.25. The molecule has 8 aromatic carbocycles. The standard InChI is InChI=1S/C54H36I4N4O/c55-43-17-29-49(30-18-43)61(50-31-19-44(56)20-32-50)47-25-9-39(10-26-47)3-1-37-5-13-41(14-6-37)53-59-60-54(63-53)42-15-7-38(8-16-42)2-4-40-11-27-48(28-12-40)62(51-33-21-45(57)22-34-51)52-35-23-46(58)24-36-52/h1-36H/b3-1+,4-2+. The first-order valence-corrected chi connectivity index (χ1v) is 24.4. The molecule has 0 aliphatic carbocycles. The third-order valence-corrected chi connectivity index (χ3v) is 13.2. The maximum Gasteiger partial charge on any atom is 0.248 e. The highest BCUT2D eigenvalue weighted by atomic mass is 127. The van der Waals surface area contributed by atoms with Crippen LogP contribution in [0.5, 0.6) is 0 Å². The maximum absolute atomic E-state index is 6.14. The van der Waals surface area contributed by atoms with Gasteiger partial charge >= 0.3 is 0 Å². The molecule has 9 rings (SSSR count). The van der Waals surface area contributed by atoms with Gasteiger partial charge in [-0.3, -0.25) is 0 Å². The lowest BCUT2D eigenvalue weighted by Crippen LogP contribution is -2.09. The van der Waals surface area contributed by atoms with Crippen LogP contribution in [0, 0.1) is 14.3 Å². The number of rotatable bonds is 12. The van der Waals surface area contributed by atoms with Gasteiger partial charge < -0.3 is 14.2 Å². The Bertz CT molecular complexity index is 2690. The molecular weight excluding hydrogens is 1230 g/mol. The average Bonchev–Trinajstić information content (AvgIpc) is 3.82. The fraction of sp³-hybridized carbons (Fsp3) is 0. The van der Waals surface area contributed by atoms with Gasteiger partial charge in [-0.2, -0.15) is 0 Å². The summed E-state index contributed by atoms with van der Waals surface area (Å²) >= 11 is 9.39. The van der Waals surface area contributed by atoms with E-state index in [2.05, 4.69) is 305 Å². The van der Waals surface area contributed by atoms with E-state index >= 15 is 0 Å². The molecule has 9 aromatic rings. The van der Waals surface area contributed by atoms with Crippen molar-refractivity contribution in [3.8, 4) is 22.9 Å². The van der Waals surface area contributed by atoms with Gasteiger partial charge in [0.05, 0.1) is 0 Å². The monoisotopic (exact) mass is 1260 g/mol. The number of nitrogens with zero attached hydrogens (tertiary/aromatic N) is 4. The first kappa shape index (κ1) is 43.2. The second-order valence-corrected chi connectivity index (χ2v) is 19.6. The van der Waals surface area contributed by atoms with Gasteiger partial charge in [0, 0.05) is 59.5 Å². The van der Waals surface area contributed by atoms with Crippen LogP contribution < -0.4 is 9.80 Å². The molecule has 0 spiro atoms. The molecule has 0 amide bonds. The van der Waals surface area contributed by atoms with Crippen molar-refractivity contribution < 1.29 is 4.42 Å². The Kier molecular flexibility index (Phi) is 13.8. The van der Waals surface area contributed by atoms with Gasteiger partial charge in [-0.15, -0.1) is 10.2 Å². The molecule has 63 heavy (non-hydrogen) atoms. The Labute approximate surface area is 422 Å². The van der Waals surface area contributed by atoms with E-state index in [1.165, 1.54) is 14.3 Å². The van der Waals surface area contributed by atoms with Crippen LogP contribution in [0.4, 0.5) is 34.1 Å². The molecule has 0 aliphatic heterocycles. The molecule has 0 radical (unpaired) electrons. The third kappa shape index (κ3) is 10.8. The van der Waals surface area contributed by atoms with Gasteiger partial charge in [0.15, 0.2) is 0 Å². The number of anilines is 6. The second-order valence-electron chi connectivity index (χ2n) is 14.6. The lowest BCUT2D eigenvalue weighted by molar-refractivity contribution is 0.584. The highest BCUT2D eigenvalue weighted by molar-refractivity contribution is 14.1. The van der Waals surface area contributed by atoms with Crippen molar-refractivity contribution in [1.29, 1.82) is 0 Å². The van der Waals surface area contributed by atoms with Gasteiger partial charge in [0.2, 0.25) is 11.8 Å². The third-order valence-electron chi connectivity index (χ3n) is 10.3. The summed E-state index contributed by atoms with van der Waals surface area (Å²) in [7, 11) is 0. The maximum atomic E-state index is 6.14. The van der Waals surface area contributed by atoms with Crippen LogP contribution in [0.15, 0.2) is 199 Å². The van der Waals surface area contributed by atoms with Crippen LogP contribution in [-0.4, -0.2) is 10.2 Å². The largest absolute Gasteiger partial charge is 0.416 e. The van der Waals surface area contributed by atoms with Crippen LogP contribution in [0.1, 0.15) is 22.3 Å². The summed E-state index contributed by atoms with van der Waals surface area (Å²) in [5.41, 5.74) is 12.8. The van der Waals surface area contributed by atoms with Gasteiger partial charge in [-0.05, 0) is 258 Å². The molecule has 0 bridgehead atoms. The highest BCUT2D eigenvalue weighted by Crippen LogP contribution is 2.37. The van der Waals surface area contributed by atoms with E-state index in [0.29, 0.717) is 11.8 Å². The van der Waals surface area contributed by atoms with Crippen LogP contribution in [0.2, 0.25) is 0 Å². The van der Waals surface area contributed by atoms with E-state index in [9.17, 15) is 0 Å². The van der Waals surface area contributed by atoms with E-state index in [4.69, 9.17) is 4.42 Å². The summed E-state index contributed by atoms with van der Waals surface area (Å²) < 4.78 is 11.0. The molecule has 0 saturated heterocycles. The SMILES string of the molecule is Ic1ccc(N(c2ccc(I)cc2)c2ccc(/C=C/c3ccc(-c4nnc(-c5ccc(/C=C/c6ccc(N(c7ccc(I)cc7)c7ccc(I)cc7)cc6)cc5)o4)cc3)cc2)cc1. The number of hydrogen-bond donors (Lipinski definition) is 0. The van der Waals surface area contributed by atoms with Crippen molar-refractivity contribution in [2.24, 2.45) is 0 Å². The molecule has 306 valence electrons. The molecule has 0 unspecified atom stereocenters. The Hall–Kier alpha value is -5.10. The quantitative estimate of drug-likeness (QED) is 0.0901. The molecule has 9 heteroatoms. The zero-order valence-electron chi connectivity index (χ0n) is 33.5. The molecule has 5 nitrogen and oxygen atoms in total. The van der Waals surface area contributed by atoms with Crippen LogP contribution in [0.25, 0.3) is 47.2 Å². The minimum atomic E-state index is 0.483. The van der Waals surface area contributed by atoms with E-state index in [1.807, 2.05) is 24.3 Å². The second kappa shape index (κ2) is 20.2. The molecular formula is C54H36I4N4O. The minimum absolute atomic E-state index is 0.483. The van der Waals surface area contributed by atoms with Gasteiger partial charge in [-0.25, -0.2) is 0 Å². The van der Waals surface area contributed by atoms with Crippen molar-refractivity contribution >= 4 is 149 Å². The Morgan fingerprint density at radius 3 is 0.730 bits per heavy atom. The number of benzene rings is 8. The molecule has 0 aliphatic rings. The number of halogens is 4. The van der Waals surface area contributed by atoms with Crippen LogP contribution >= 0.6 is 90.4 Å². The minimum Gasteiger partial charge on any atom is -0.416 e. The summed E-state index contributed by atoms with van der Waals surface area (Å²) in [6, 6.07) is 68.1. The number of aromatic nitrogens is 2. The molecule has 0 N–H and O–H groups in total. The Balaban J connectivity index is 0.829. The zero-order chi connectivity index (χ0) is 43.1.